The summed E-state index contributed by atoms with van der Waals surface area (Å²) in [5.74, 6) is 0. The zero-order valence-corrected chi connectivity index (χ0v) is 16.8. The minimum absolute atomic E-state index is 0.123. The van der Waals surface area contributed by atoms with Crippen molar-refractivity contribution in [1.29, 1.82) is 0 Å². The number of carbonyl (C=O) groups is 1. The van der Waals surface area contributed by atoms with E-state index in [9.17, 15) is 4.79 Å². The molecule has 28 heavy (non-hydrogen) atoms. The fourth-order valence-electron chi connectivity index (χ4n) is 4.52. The van der Waals surface area contributed by atoms with Gasteiger partial charge in [0.05, 0.1) is 6.04 Å². The number of hydrogen-bond acceptors (Lipinski definition) is 2. The van der Waals surface area contributed by atoms with E-state index in [1.807, 2.05) is 4.90 Å². The average molecular weight is 378 g/mol. The third-order valence-corrected chi connectivity index (χ3v) is 6.16. The summed E-state index contributed by atoms with van der Waals surface area (Å²) in [4.78, 5) is 17.1. The Kier molecular flexibility index (Phi) is 5.96. The molecule has 2 aromatic carbocycles. The van der Waals surface area contributed by atoms with E-state index in [4.69, 9.17) is 0 Å². The first kappa shape index (κ1) is 19.0. The molecule has 4 heteroatoms. The Labute approximate surface area is 168 Å². The van der Waals surface area contributed by atoms with Gasteiger partial charge in [-0.05, 0) is 30.9 Å². The summed E-state index contributed by atoms with van der Waals surface area (Å²) in [5.41, 5.74) is 3.92. The van der Waals surface area contributed by atoms with E-state index < -0.39 is 0 Å². The molecule has 1 saturated carbocycles. The molecule has 4 nitrogen and oxygen atoms in total. The second kappa shape index (κ2) is 8.78. The van der Waals surface area contributed by atoms with Crippen LogP contribution in [-0.2, 0) is 0 Å². The van der Waals surface area contributed by atoms with Crippen molar-refractivity contribution in [3.8, 4) is 0 Å². The number of nitrogens with one attached hydrogen (secondary N) is 1. The predicted octanol–water partition coefficient (Wildman–Crippen LogP) is 4.35. The molecule has 148 valence electrons. The van der Waals surface area contributed by atoms with Gasteiger partial charge in [0.15, 0.2) is 0 Å². The van der Waals surface area contributed by atoms with Gasteiger partial charge in [0.1, 0.15) is 0 Å². The highest BCUT2D eigenvalue weighted by Gasteiger charge is 2.29. The van der Waals surface area contributed by atoms with Gasteiger partial charge in [-0.2, -0.15) is 0 Å². The van der Waals surface area contributed by atoms with Gasteiger partial charge < -0.3 is 10.2 Å². The SMILES string of the molecule is Cc1ccc(C(c2ccccc2)N2CCN(C(=O)NC3CCCC3)CC2)cc1. The van der Waals surface area contributed by atoms with Crippen LogP contribution in [0.25, 0.3) is 0 Å². The molecule has 0 radical (unpaired) electrons. The van der Waals surface area contributed by atoms with Crippen LogP contribution in [0.4, 0.5) is 4.79 Å². The van der Waals surface area contributed by atoms with Crippen molar-refractivity contribution in [3.63, 3.8) is 0 Å². The Morgan fingerprint density at radius 1 is 0.893 bits per heavy atom. The zero-order valence-electron chi connectivity index (χ0n) is 16.8. The molecule has 1 unspecified atom stereocenters. The Morgan fingerprint density at radius 3 is 2.14 bits per heavy atom. The summed E-state index contributed by atoms with van der Waals surface area (Å²) in [6.45, 7) is 5.49. The van der Waals surface area contributed by atoms with Crippen molar-refractivity contribution in [3.05, 3.63) is 71.3 Å². The normalized spacial score (nSPS) is 19.5. The predicted molar refractivity (Wildman–Crippen MR) is 113 cm³/mol. The second-order valence-electron chi connectivity index (χ2n) is 8.18. The van der Waals surface area contributed by atoms with Gasteiger partial charge in [-0.1, -0.05) is 73.0 Å². The first-order chi connectivity index (χ1) is 13.7. The topological polar surface area (TPSA) is 35.6 Å². The average Bonchev–Trinajstić information content (AvgIpc) is 3.24. The fraction of sp³-hybridized carbons (Fsp3) is 0.458. The van der Waals surface area contributed by atoms with Crippen LogP contribution in [0.2, 0.25) is 0 Å². The Balaban J connectivity index is 1.45. The molecular weight excluding hydrogens is 346 g/mol. The number of aryl methyl sites for hydroxylation is 1. The number of nitrogens with zero attached hydrogens (tertiary/aromatic N) is 2. The summed E-state index contributed by atoms with van der Waals surface area (Å²) in [6.07, 6.45) is 4.76. The lowest BCUT2D eigenvalue weighted by Gasteiger charge is -2.40. The smallest absolute Gasteiger partial charge is 0.317 e. The van der Waals surface area contributed by atoms with E-state index in [-0.39, 0.29) is 12.1 Å². The van der Waals surface area contributed by atoms with Crippen molar-refractivity contribution in [2.45, 2.75) is 44.7 Å². The lowest BCUT2D eigenvalue weighted by Crippen LogP contribution is -2.53. The standard InChI is InChI=1S/C24H31N3O/c1-19-11-13-21(14-12-19)23(20-7-3-2-4-8-20)26-15-17-27(18-16-26)24(28)25-22-9-5-6-10-22/h2-4,7-8,11-14,22-23H,5-6,9-10,15-18H2,1H3,(H,25,28). The summed E-state index contributed by atoms with van der Waals surface area (Å²) >= 11 is 0. The van der Waals surface area contributed by atoms with Crippen molar-refractivity contribution in [1.82, 2.24) is 15.1 Å². The number of amides is 2. The van der Waals surface area contributed by atoms with Gasteiger partial charge in [0.2, 0.25) is 0 Å². The summed E-state index contributed by atoms with van der Waals surface area (Å²) in [6, 6.07) is 20.3. The van der Waals surface area contributed by atoms with Gasteiger partial charge in [-0.3, -0.25) is 4.90 Å². The van der Waals surface area contributed by atoms with Crippen molar-refractivity contribution < 1.29 is 4.79 Å². The molecule has 2 amide bonds. The molecule has 4 rings (SSSR count). The van der Waals surface area contributed by atoms with E-state index in [1.54, 1.807) is 0 Å². The Morgan fingerprint density at radius 2 is 1.50 bits per heavy atom. The van der Waals surface area contributed by atoms with E-state index in [2.05, 4.69) is 71.7 Å². The Bertz CT molecular complexity index is 760. The summed E-state index contributed by atoms with van der Waals surface area (Å²) in [7, 11) is 0. The second-order valence-corrected chi connectivity index (χ2v) is 8.18. The molecule has 2 aliphatic rings. The number of piperazine rings is 1. The molecule has 1 saturated heterocycles. The molecule has 1 atom stereocenters. The first-order valence-electron chi connectivity index (χ1n) is 10.6. The summed E-state index contributed by atoms with van der Waals surface area (Å²) < 4.78 is 0. The zero-order chi connectivity index (χ0) is 19.3. The molecular formula is C24H31N3O. The van der Waals surface area contributed by atoms with Crippen LogP contribution in [0.3, 0.4) is 0 Å². The molecule has 1 aliphatic heterocycles. The lowest BCUT2D eigenvalue weighted by atomic mass is 9.95. The minimum Gasteiger partial charge on any atom is -0.335 e. The van der Waals surface area contributed by atoms with E-state index in [0.29, 0.717) is 6.04 Å². The van der Waals surface area contributed by atoms with Crippen molar-refractivity contribution >= 4 is 6.03 Å². The van der Waals surface area contributed by atoms with Crippen LogP contribution in [-0.4, -0.2) is 48.1 Å². The molecule has 2 fully saturated rings. The van der Waals surface area contributed by atoms with Gasteiger partial charge in [-0.15, -0.1) is 0 Å². The molecule has 1 heterocycles. The third-order valence-electron chi connectivity index (χ3n) is 6.16. The first-order valence-corrected chi connectivity index (χ1v) is 10.6. The molecule has 2 aromatic rings. The minimum atomic E-state index is 0.123. The van der Waals surface area contributed by atoms with E-state index >= 15 is 0 Å². The number of benzene rings is 2. The van der Waals surface area contributed by atoms with E-state index in [1.165, 1.54) is 29.5 Å². The number of hydrogen-bond donors (Lipinski definition) is 1. The van der Waals surface area contributed by atoms with Crippen LogP contribution in [0.5, 0.6) is 0 Å². The molecule has 1 aliphatic carbocycles. The van der Waals surface area contributed by atoms with Crippen molar-refractivity contribution in [2.75, 3.05) is 26.2 Å². The van der Waals surface area contributed by atoms with Gasteiger partial charge >= 0.3 is 6.03 Å². The number of carbonyl (C=O) groups excluding carboxylic acids is 1. The van der Waals surface area contributed by atoms with Crippen LogP contribution in [0, 0.1) is 6.92 Å². The Hall–Kier alpha value is -2.33. The van der Waals surface area contributed by atoms with Gasteiger partial charge in [0.25, 0.3) is 0 Å². The van der Waals surface area contributed by atoms with Crippen LogP contribution in [0.1, 0.15) is 48.4 Å². The maximum atomic E-state index is 12.6. The number of rotatable bonds is 4. The maximum absolute atomic E-state index is 12.6. The largest absolute Gasteiger partial charge is 0.335 e. The lowest BCUT2D eigenvalue weighted by molar-refractivity contribution is 0.119. The third kappa shape index (κ3) is 4.39. The van der Waals surface area contributed by atoms with Gasteiger partial charge in [0, 0.05) is 32.2 Å². The highest BCUT2D eigenvalue weighted by molar-refractivity contribution is 5.74. The molecule has 0 spiro atoms. The highest BCUT2D eigenvalue weighted by atomic mass is 16.2. The molecule has 0 aromatic heterocycles. The van der Waals surface area contributed by atoms with E-state index in [0.717, 1.165) is 39.0 Å². The summed E-state index contributed by atoms with van der Waals surface area (Å²) in [5, 5.41) is 3.23. The van der Waals surface area contributed by atoms with Crippen LogP contribution in [0.15, 0.2) is 54.6 Å². The molecule has 0 bridgehead atoms. The fourth-order valence-corrected chi connectivity index (χ4v) is 4.52. The van der Waals surface area contributed by atoms with Crippen molar-refractivity contribution in [2.24, 2.45) is 0 Å². The van der Waals surface area contributed by atoms with Crippen LogP contribution < -0.4 is 5.32 Å². The highest BCUT2D eigenvalue weighted by Crippen LogP contribution is 2.30. The maximum Gasteiger partial charge on any atom is 0.317 e. The quantitative estimate of drug-likeness (QED) is 0.860. The monoisotopic (exact) mass is 377 g/mol. The van der Waals surface area contributed by atoms with Gasteiger partial charge in [-0.25, -0.2) is 4.79 Å². The molecule has 1 N–H and O–H groups in total. The number of urea groups is 1. The van der Waals surface area contributed by atoms with Crippen LogP contribution >= 0.6 is 0 Å².